The Bertz CT molecular complexity index is 592. The summed E-state index contributed by atoms with van der Waals surface area (Å²) in [7, 11) is 0. The third-order valence-electron chi connectivity index (χ3n) is 2.58. The summed E-state index contributed by atoms with van der Waals surface area (Å²) < 4.78 is 2.73. The number of aromatic nitrogens is 3. The van der Waals surface area contributed by atoms with Crippen molar-refractivity contribution >= 4 is 33.2 Å². The quantitative estimate of drug-likeness (QED) is 0.905. The van der Waals surface area contributed by atoms with Gasteiger partial charge in [-0.1, -0.05) is 19.1 Å². The van der Waals surface area contributed by atoms with Gasteiger partial charge in [-0.15, -0.1) is 16.4 Å². The molecule has 0 bridgehead atoms. The minimum Gasteiger partial charge on any atom is -0.476 e. The number of nitrogens with zero attached hydrogens (tertiary/aromatic N) is 3. The van der Waals surface area contributed by atoms with Gasteiger partial charge in [-0.2, -0.15) is 0 Å². The number of thiophene rings is 1. The minimum atomic E-state index is -1.02. The predicted molar refractivity (Wildman–Crippen MR) is 76.6 cm³/mol. The molecule has 0 saturated heterocycles. The van der Waals surface area contributed by atoms with Crippen LogP contribution in [0.25, 0.3) is 0 Å². The second-order valence-corrected chi connectivity index (χ2v) is 7.20. The second kappa shape index (κ2) is 5.83. The Morgan fingerprint density at radius 2 is 2.26 bits per heavy atom. The van der Waals surface area contributed by atoms with Gasteiger partial charge >= 0.3 is 5.97 Å². The number of aromatic carboxylic acids is 1. The first-order valence-corrected chi connectivity index (χ1v) is 7.48. The Labute approximate surface area is 123 Å². The Kier molecular flexibility index (Phi) is 4.36. The van der Waals surface area contributed by atoms with Gasteiger partial charge in [0.15, 0.2) is 5.69 Å². The van der Waals surface area contributed by atoms with E-state index in [2.05, 4.69) is 26.2 Å². The summed E-state index contributed by atoms with van der Waals surface area (Å²) in [4.78, 5) is 12.3. The summed E-state index contributed by atoms with van der Waals surface area (Å²) in [6, 6.07) is 3.97. The lowest BCUT2D eigenvalue weighted by atomic mass is 10.1. The molecule has 19 heavy (non-hydrogen) atoms. The lowest BCUT2D eigenvalue weighted by molar-refractivity contribution is 0.0689. The fourth-order valence-electron chi connectivity index (χ4n) is 1.80. The minimum absolute atomic E-state index is 0.0596. The summed E-state index contributed by atoms with van der Waals surface area (Å²) in [6.07, 6.45) is 0.654. The first-order chi connectivity index (χ1) is 8.97. The van der Waals surface area contributed by atoms with E-state index in [-0.39, 0.29) is 5.69 Å². The lowest BCUT2D eigenvalue weighted by Crippen LogP contribution is -2.11. The molecular weight excluding hydrogens is 330 g/mol. The molecule has 0 spiro atoms. The summed E-state index contributed by atoms with van der Waals surface area (Å²) in [5.74, 6) is -0.667. The molecule has 2 aromatic rings. The third-order valence-corrected chi connectivity index (χ3v) is 4.18. The molecule has 0 atom stereocenters. The molecule has 2 rings (SSSR count). The average molecular weight is 344 g/mol. The van der Waals surface area contributed by atoms with Gasteiger partial charge < -0.3 is 5.11 Å². The smallest absolute Gasteiger partial charge is 0.358 e. The van der Waals surface area contributed by atoms with Crippen molar-refractivity contribution in [2.45, 2.75) is 26.8 Å². The van der Waals surface area contributed by atoms with Gasteiger partial charge in [0, 0.05) is 4.88 Å². The number of carboxylic acids is 1. The maximum absolute atomic E-state index is 11.2. The number of hydrogen-bond acceptors (Lipinski definition) is 4. The van der Waals surface area contributed by atoms with Crippen LogP contribution in [0.1, 0.15) is 34.9 Å². The number of rotatable bonds is 5. The summed E-state index contributed by atoms with van der Waals surface area (Å²) in [6.45, 7) is 4.65. The van der Waals surface area contributed by atoms with Crippen LogP contribution >= 0.6 is 27.3 Å². The Hall–Kier alpha value is -1.21. The van der Waals surface area contributed by atoms with Crippen molar-refractivity contribution in [2.75, 3.05) is 0 Å². The maximum Gasteiger partial charge on any atom is 0.358 e. The Morgan fingerprint density at radius 1 is 1.53 bits per heavy atom. The van der Waals surface area contributed by atoms with E-state index in [1.54, 1.807) is 16.0 Å². The molecule has 5 nitrogen and oxygen atoms in total. The normalized spacial score (nSPS) is 11.2. The molecule has 7 heteroatoms. The second-order valence-electron chi connectivity index (χ2n) is 4.65. The molecule has 0 aliphatic rings. The predicted octanol–water partition coefficient (Wildman–Crippen LogP) is 3.05. The molecule has 0 aliphatic carbocycles. The van der Waals surface area contributed by atoms with Crippen LogP contribution in [0, 0.1) is 5.92 Å². The van der Waals surface area contributed by atoms with Crippen molar-refractivity contribution in [3.05, 3.63) is 32.2 Å². The molecule has 0 unspecified atom stereocenters. The first-order valence-electron chi connectivity index (χ1n) is 5.87. The average Bonchev–Trinajstić information content (AvgIpc) is 2.87. The van der Waals surface area contributed by atoms with Crippen molar-refractivity contribution in [1.82, 2.24) is 15.0 Å². The highest BCUT2D eigenvalue weighted by Crippen LogP contribution is 2.23. The van der Waals surface area contributed by atoms with E-state index in [1.165, 1.54) is 0 Å². The van der Waals surface area contributed by atoms with Crippen LogP contribution in [-0.4, -0.2) is 26.1 Å². The van der Waals surface area contributed by atoms with Gasteiger partial charge in [0.25, 0.3) is 0 Å². The van der Waals surface area contributed by atoms with Gasteiger partial charge in [-0.3, -0.25) is 0 Å². The summed E-state index contributed by atoms with van der Waals surface area (Å²) in [5, 5.41) is 16.9. The zero-order valence-corrected chi connectivity index (χ0v) is 13.0. The van der Waals surface area contributed by atoms with Crippen LogP contribution in [0.15, 0.2) is 15.9 Å². The molecule has 102 valence electrons. The van der Waals surface area contributed by atoms with E-state index in [4.69, 9.17) is 5.11 Å². The molecule has 2 aromatic heterocycles. The Morgan fingerprint density at radius 3 is 2.79 bits per heavy atom. The van der Waals surface area contributed by atoms with Crippen LogP contribution in [-0.2, 0) is 13.0 Å². The fraction of sp³-hybridized carbons (Fsp3) is 0.417. The van der Waals surface area contributed by atoms with Crippen LogP contribution in [0.5, 0.6) is 0 Å². The van der Waals surface area contributed by atoms with Gasteiger partial charge in [0.1, 0.15) is 0 Å². The standard InChI is InChI=1S/C12H14BrN3O2S/c1-7(2)5-9-11(12(17)18)14-15-16(9)6-8-3-4-10(13)19-8/h3-4,7H,5-6H2,1-2H3,(H,17,18). The highest BCUT2D eigenvalue weighted by atomic mass is 79.9. The monoisotopic (exact) mass is 343 g/mol. The molecule has 2 heterocycles. The van der Waals surface area contributed by atoms with E-state index in [9.17, 15) is 4.79 Å². The van der Waals surface area contributed by atoms with Crippen molar-refractivity contribution in [3.63, 3.8) is 0 Å². The molecule has 0 fully saturated rings. The third kappa shape index (κ3) is 3.42. The number of halogens is 1. The van der Waals surface area contributed by atoms with Crippen LogP contribution < -0.4 is 0 Å². The van der Waals surface area contributed by atoms with E-state index in [0.29, 0.717) is 24.6 Å². The molecule has 0 aromatic carbocycles. The highest BCUT2D eigenvalue weighted by Gasteiger charge is 2.20. The summed E-state index contributed by atoms with van der Waals surface area (Å²) >= 11 is 5.02. The zero-order valence-electron chi connectivity index (χ0n) is 10.6. The molecule has 0 radical (unpaired) electrons. The van der Waals surface area contributed by atoms with Gasteiger partial charge in [0.2, 0.25) is 0 Å². The van der Waals surface area contributed by atoms with E-state index >= 15 is 0 Å². The van der Waals surface area contributed by atoms with Crippen molar-refractivity contribution < 1.29 is 9.90 Å². The van der Waals surface area contributed by atoms with E-state index in [1.807, 2.05) is 26.0 Å². The zero-order chi connectivity index (χ0) is 14.0. The van der Waals surface area contributed by atoms with E-state index in [0.717, 1.165) is 8.66 Å². The SMILES string of the molecule is CC(C)Cc1c(C(=O)O)nnn1Cc1ccc(Br)s1. The molecule has 0 saturated carbocycles. The summed E-state index contributed by atoms with van der Waals surface area (Å²) in [5.41, 5.74) is 0.747. The molecule has 1 N–H and O–H groups in total. The largest absolute Gasteiger partial charge is 0.476 e. The lowest BCUT2D eigenvalue weighted by Gasteiger charge is -2.08. The van der Waals surface area contributed by atoms with Crippen molar-refractivity contribution in [2.24, 2.45) is 5.92 Å². The van der Waals surface area contributed by atoms with Gasteiger partial charge in [-0.05, 0) is 40.4 Å². The fourth-order valence-corrected chi connectivity index (χ4v) is 3.26. The number of hydrogen-bond donors (Lipinski definition) is 1. The topological polar surface area (TPSA) is 68.0 Å². The molecular formula is C12H14BrN3O2S. The van der Waals surface area contributed by atoms with Crippen LogP contribution in [0.3, 0.4) is 0 Å². The number of carboxylic acid groups (broad SMARTS) is 1. The highest BCUT2D eigenvalue weighted by molar-refractivity contribution is 9.11. The van der Waals surface area contributed by atoms with Crippen LogP contribution in [0.4, 0.5) is 0 Å². The first kappa shape index (κ1) is 14.2. The van der Waals surface area contributed by atoms with Crippen molar-refractivity contribution in [1.29, 1.82) is 0 Å². The van der Waals surface area contributed by atoms with E-state index < -0.39 is 5.97 Å². The Balaban J connectivity index is 2.31. The molecule has 0 amide bonds. The van der Waals surface area contributed by atoms with Gasteiger partial charge in [0.05, 0.1) is 16.0 Å². The number of carbonyl (C=O) groups is 1. The maximum atomic E-state index is 11.2. The van der Waals surface area contributed by atoms with Crippen molar-refractivity contribution in [3.8, 4) is 0 Å². The van der Waals surface area contributed by atoms with Crippen LogP contribution in [0.2, 0.25) is 0 Å². The van der Waals surface area contributed by atoms with Gasteiger partial charge in [-0.25, -0.2) is 9.48 Å². The molecule has 0 aliphatic heterocycles.